The van der Waals surface area contributed by atoms with Crippen molar-refractivity contribution in [2.45, 2.75) is 25.4 Å². The second kappa shape index (κ2) is 3.05. The first-order chi connectivity index (χ1) is 5.47. The Morgan fingerprint density at radius 3 is 3.18 bits per heavy atom. The molecule has 1 aliphatic rings. The van der Waals surface area contributed by atoms with E-state index in [1.54, 1.807) is 0 Å². The van der Waals surface area contributed by atoms with Gasteiger partial charge in [-0.15, -0.1) is 0 Å². The monoisotopic (exact) mass is 152 g/mol. The molecule has 0 bridgehead atoms. The van der Waals surface area contributed by atoms with Crippen molar-refractivity contribution in [3.63, 3.8) is 0 Å². The molecule has 1 aliphatic heterocycles. The van der Waals surface area contributed by atoms with Crippen LogP contribution in [-0.4, -0.2) is 11.6 Å². The maximum atomic E-state index is 5.45. The lowest BCUT2D eigenvalue weighted by atomic mass is 10.1. The van der Waals surface area contributed by atoms with E-state index in [9.17, 15) is 0 Å². The highest BCUT2D eigenvalue weighted by atomic mass is 16.5. The van der Waals surface area contributed by atoms with Crippen LogP contribution in [0.2, 0.25) is 0 Å². The number of oxazole rings is 1. The van der Waals surface area contributed by atoms with Crippen LogP contribution in [0.3, 0.4) is 0 Å². The standard InChI is InChI=1S/C8H10NO2/c1-2-5-10-7(3-1)8-9-4-6-11-8/h4,7H,1-3,5H2. The maximum absolute atomic E-state index is 5.45. The zero-order valence-corrected chi connectivity index (χ0v) is 6.25. The number of nitrogens with zero attached hydrogens (tertiary/aromatic N) is 1. The SMILES string of the molecule is [c]1cnc(C2CCCCO2)o1. The van der Waals surface area contributed by atoms with Gasteiger partial charge in [0.1, 0.15) is 6.10 Å². The van der Waals surface area contributed by atoms with Crippen LogP contribution >= 0.6 is 0 Å². The van der Waals surface area contributed by atoms with E-state index in [4.69, 9.17) is 9.15 Å². The van der Waals surface area contributed by atoms with Gasteiger partial charge in [0.15, 0.2) is 6.26 Å². The van der Waals surface area contributed by atoms with Gasteiger partial charge in [0, 0.05) is 6.61 Å². The van der Waals surface area contributed by atoms with Crippen molar-refractivity contribution >= 4 is 0 Å². The van der Waals surface area contributed by atoms with Crippen LogP contribution in [0, 0.1) is 6.26 Å². The summed E-state index contributed by atoms with van der Waals surface area (Å²) < 4.78 is 10.5. The summed E-state index contributed by atoms with van der Waals surface area (Å²) in [4.78, 5) is 3.99. The van der Waals surface area contributed by atoms with Gasteiger partial charge in [-0.2, -0.15) is 0 Å². The van der Waals surface area contributed by atoms with E-state index < -0.39 is 0 Å². The molecule has 0 saturated carbocycles. The summed E-state index contributed by atoms with van der Waals surface area (Å²) in [6.07, 6.45) is 7.55. The summed E-state index contributed by atoms with van der Waals surface area (Å²) in [5.74, 6) is 0.671. The number of rotatable bonds is 1. The van der Waals surface area contributed by atoms with Crippen molar-refractivity contribution in [2.75, 3.05) is 6.61 Å². The van der Waals surface area contributed by atoms with Crippen molar-refractivity contribution in [1.82, 2.24) is 4.98 Å². The molecule has 1 radical (unpaired) electrons. The minimum absolute atomic E-state index is 0.0787. The fourth-order valence-corrected chi connectivity index (χ4v) is 1.29. The van der Waals surface area contributed by atoms with Crippen LogP contribution < -0.4 is 0 Å². The molecule has 1 aromatic rings. The zero-order valence-electron chi connectivity index (χ0n) is 6.25. The van der Waals surface area contributed by atoms with E-state index >= 15 is 0 Å². The van der Waals surface area contributed by atoms with Gasteiger partial charge >= 0.3 is 0 Å². The quantitative estimate of drug-likeness (QED) is 0.614. The fraction of sp³-hybridized carbons (Fsp3) is 0.625. The molecule has 1 unspecified atom stereocenters. The van der Waals surface area contributed by atoms with Gasteiger partial charge in [-0.25, -0.2) is 4.98 Å². The number of ether oxygens (including phenoxy) is 1. The molecule has 2 heterocycles. The lowest BCUT2D eigenvalue weighted by molar-refractivity contribution is -0.00163. The molecule has 2 rings (SSSR count). The molecule has 59 valence electrons. The molecule has 0 aromatic carbocycles. The van der Waals surface area contributed by atoms with Crippen molar-refractivity contribution < 1.29 is 9.15 Å². The Morgan fingerprint density at radius 2 is 2.55 bits per heavy atom. The van der Waals surface area contributed by atoms with E-state index in [1.165, 1.54) is 12.6 Å². The van der Waals surface area contributed by atoms with Crippen LogP contribution in [0.4, 0.5) is 0 Å². The second-order valence-electron chi connectivity index (χ2n) is 2.67. The van der Waals surface area contributed by atoms with Gasteiger partial charge in [0.25, 0.3) is 0 Å². The Morgan fingerprint density at radius 1 is 1.55 bits per heavy atom. The Labute approximate surface area is 65.4 Å². The molecule has 1 saturated heterocycles. The minimum atomic E-state index is 0.0787. The second-order valence-corrected chi connectivity index (χ2v) is 2.67. The highest BCUT2D eigenvalue weighted by Gasteiger charge is 2.19. The lowest BCUT2D eigenvalue weighted by Crippen LogP contribution is -2.11. The van der Waals surface area contributed by atoms with Gasteiger partial charge in [-0.05, 0) is 19.3 Å². The van der Waals surface area contributed by atoms with E-state index in [1.807, 2.05) is 0 Å². The Balaban J connectivity index is 2.04. The molecule has 3 nitrogen and oxygen atoms in total. The summed E-state index contributed by atoms with van der Waals surface area (Å²) >= 11 is 0. The topological polar surface area (TPSA) is 35.3 Å². The molecule has 3 heteroatoms. The first-order valence-electron chi connectivity index (χ1n) is 3.90. The van der Waals surface area contributed by atoms with Crippen LogP contribution in [0.25, 0.3) is 0 Å². The molecular weight excluding hydrogens is 142 g/mol. The number of hydrogen-bond donors (Lipinski definition) is 0. The van der Waals surface area contributed by atoms with Gasteiger partial charge in [-0.1, -0.05) is 0 Å². The molecule has 0 N–H and O–H groups in total. The molecular formula is C8H10NO2. The molecule has 0 amide bonds. The van der Waals surface area contributed by atoms with Crippen molar-refractivity contribution in [3.05, 3.63) is 18.4 Å². The summed E-state index contributed by atoms with van der Waals surface area (Å²) in [5.41, 5.74) is 0. The van der Waals surface area contributed by atoms with Crippen molar-refractivity contribution in [2.24, 2.45) is 0 Å². The first kappa shape index (κ1) is 6.85. The molecule has 0 aliphatic carbocycles. The highest BCUT2D eigenvalue weighted by Crippen LogP contribution is 2.25. The van der Waals surface area contributed by atoms with Gasteiger partial charge < -0.3 is 9.15 Å². The lowest BCUT2D eigenvalue weighted by Gasteiger charge is -2.18. The van der Waals surface area contributed by atoms with Crippen LogP contribution in [0.1, 0.15) is 31.3 Å². The fourth-order valence-electron chi connectivity index (χ4n) is 1.29. The Hall–Kier alpha value is -0.830. The van der Waals surface area contributed by atoms with E-state index in [2.05, 4.69) is 11.2 Å². The van der Waals surface area contributed by atoms with E-state index in [0.717, 1.165) is 19.4 Å². The third-order valence-corrected chi connectivity index (χ3v) is 1.86. The third kappa shape index (κ3) is 1.43. The van der Waals surface area contributed by atoms with Crippen LogP contribution in [0.5, 0.6) is 0 Å². The predicted molar refractivity (Wildman–Crippen MR) is 37.9 cm³/mol. The van der Waals surface area contributed by atoms with Crippen LogP contribution in [-0.2, 0) is 4.74 Å². The average Bonchev–Trinajstić information content (AvgIpc) is 2.58. The van der Waals surface area contributed by atoms with E-state index in [0.29, 0.717) is 5.89 Å². The molecule has 1 atom stereocenters. The number of hydrogen-bond acceptors (Lipinski definition) is 3. The minimum Gasteiger partial charge on any atom is -0.434 e. The normalized spacial score (nSPS) is 25.3. The highest BCUT2D eigenvalue weighted by molar-refractivity contribution is 4.86. The molecule has 1 fully saturated rings. The summed E-state index contributed by atoms with van der Waals surface area (Å²) in [6.45, 7) is 0.826. The largest absolute Gasteiger partial charge is 0.434 e. The third-order valence-electron chi connectivity index (χ3n) is 1.86. The number of aromatic nitrogens is 1. The summed E-state index contributed by atoms with van der Waals surface area (Å²) in [5, 5.41) is 0. The molecule has 1 aromatic heterocycles. The Bertz CT molecular complexity index is 202. The average molecular weight is 152 g/mol. The zero-order chi connectivity index (χ0) is 7.52. The van der Waals surface area contributed by atoms with Crippen molar-refractivity contribution in [3.8, 4) is 0 Å². The predicted octanol–water partition coefficient (Wildman–Crippen LogP) is 1.72. The smallest absolute Gasteiger partial charge is 0.224 e. The Kier molecular flexibility index (Phi) is 1.90. The van der Waals surface area contributed by atoms with E-state index in [-0.39, 0.29) is 6.10 Å². The maximum Gasteiger partial charge on any atom is 0.224 e. The van der Waals surface area contributed by atoms with Crippen molar-refractivity contribution in [1.29, 1.82) is 0 Å². The molecule has 0 spiro atoms. The molecule has 11 heavy (non-hydrogen) atoms. The van der Waals surface area contributed by atoms with Gasteiger partial charge in [0.05, 0.1) is 6.20 Å². The van der Waals surface area contributed by atoms with Gasteiger partial charge in [-0.3, -0.25) is 0 Å². The first-order valence-corrected chi connectivity index (χ1v) is 3.90. The summed E-state index contributed by atoms with van der Waals surface area (Å²) in [7, 11) is 0. The van der Waals surface area contributed by atoms with Gasteiger partial charge in [0.2, 0.25) is 5.89 Å². The summed E-state index contributed by atoms with van der Waals surface area (Å²) in [6, 6.07) is 0. The van der Waals surface area contributed by atoms with Crippen LogP contribution in [0.15, 0.2) is 10.6 Å².